The number of nitrogens with one attached hydrogen (secondary N) is 1. The van der Waals surface area contributed by atoms with Crippen LogP contribution in [0.3, 0.4) is 0 Å². The zero-order valence-corrected chi connectivity index (χ0v) is 13.0. The van der Waals surface area contributed by atoms with Gasteiger partial charge in [0, 0.05) is 31.2 Å². The van der Waals surface area contributed by atoms with Crippen molar-refractivity contribution in [3.63, 3.8) is 0 Å². The number of anilines is 1. The average molecular weight is 290 g/mol. The Labute approximate surface area is 127 Å². The van der Waals surface area contributed by atoms with E-state index in [2.05, 4.69) is 34.5 Å². The maximum absolute atomic E-state index is 11.9. The van der Waals surface area contributed by atoms with Gasteiger partial charge in [0.15, 0.2) is 0 Å². The van der Waals surface area contributed by atoms with Crippen molar-refractivity contribution in [2.24, 2.45) is 0 Å². The Bertz CT molecular complexity index is 434. The lowest BCUT2D eigenvalue weighted by molar-refractivity contribution is -0.123. The first-order valence-corrected chi connectivity index (χ1v) is 7.86. The minimum Gasteiger partial charge on any atom is -0.378 e. The SMILES string of the molecule is CC(C)OCCC(=O)N[C@@H]1CCCN(c2ccccc2)C1. The summed E-state index contributed by atoms with van der Waals surface area (Å²) in [5.74, 6) is 0.0931. The maximum Gasteiger partial charge on any atom is 0.222 e. The molecule has 1 heterocycles. The van der Waals surface area contributed by atoms with Crippen molar-refractivity contribution in [3.8, 4) is 0 Å². The standard InChI is InChI=1S/C17H26N2O2/c1-14(2)21-12-10-17(20)18-15-7-6-11-19(13-15)16-8-4-3-5-9-16/h3-5,8-9,14-15H,6-7,10-13H2,1-2H3,(H,18,20)/t15-/m1/s1. The Morgan fingerprint density at radius 3 is 2.86 bits per heavy atom. The quantitative estimate of drug-likeness (QED) is 0.875. The lowest BCUT2D eigenvalue weighted by atomic mass is 10.0. The van der Waals surface area contributed by atoms with Crippen LogP contribution in [0.4, 0.5) is 5.69 Å². The van der Waals surface area contributed by atoms with Gasteiger partial charge in [-0.05, 0) is 38.8 Å². The van der Waals surface area contributed by atoms with Crippen LogP contribution in [0.5, 0.6) is 0 Å². The van der Waals surface area contributed by atoms with Gasteiger partial charge in [-0.15, -0.1) is 0 Å². The highest BCUT2D eigenvalue weighted by Gasteiger charge is 2.21. The van der Waals surface area contributed by atoms with E-state index >= 15 is 0 Å². The first-order valence-electron chi connectivity index (χ1n) is 7.86. The molecule has 1 aliphatic rings. The second-order valence-electron chi connectivity index (χ2n) is 5.86. The van der Waals surface area contributed by atoms with Crippen molar-refractivity contribution in [2.45, 2.75) is 45.3 Å². The predicted octanol–water partition coefficient (Wildman–Crippen LogP) is 2.59. The van der Waals surface area contributed by atoms with Gasteiger partial charge < -0.3 is 15.0 Å². The molecule has 1 amide bonds. The summed E-state index contributed by atoms with van der Waals surface area (Å²) in [7, 11) is 0. The number of para-hydroxylation sites is 1. The molecule has 1 aromatic rings. The Morgan fingerprint density at radius 2 is 2.14 bits per heavy atom. The molecule has 116 valence electrons. The molecular weight excluding hydrogens is 264 g/mol. The molecule has 1 aromatic carbocycles. The molecule has 0 aromatic heterocycles. The van der Waals surface area contributed by atoms with E-state index in [1.54, 1.807) is 0 Å². The number of benzene rings is 1. The topological polar surface area (TPSA) is 41.6 Å². The maximum atomic E-state index is 11.9. The number of rotatable bonds is 6. The fourth-order valence-corrected chi connectivity index (χ4v) is 2.66. The Morgan fingerprint density at radius 1 is 1.38 bits per heavy atom. The van der Waals surface area contributed by atoms with E-state index < -0.39 is 0 Å². The summed E-state index contributed by atoms with van der Waals surface area (Å²) in [5.41, 5.74) is 1.24. The van der Waals surface area contributed by atoms with Crippen molar-refractivity contribution >= 4 is 11.6 Å². The van der Waals surface area contributed by atoms with E-state index in [-0.39, 0.29) is 18.1 Å². The molecule has 0 bridgehead atoms. The van der Waals surface area contributed by atoms with E-state index in [4.69, 9.17) is 4.74 Å². The second kappa shape index (κ2) is 8.03. The third-order valence-corrected chi connectivity index (χ3v) is 3.69. The zero-order valence-electron chi connectivity index (χ0n) is 13.0. The zero-order chi connectivity index (χ0) is 15.1. The van der Waals surface area contributed by atoms with Gasteiger partial charge in [0.05, 0.1) is 12.7 Å². The van der Waals surface area contributed by atoms with Gasteiger partial charge in [-0.2, -0.15) is 0 Å². The Hall–Kier alpha value is -1.55. The molecule has 1 N–H and O–H groups in total. The number of carbonyl (C=O) groups excluding carboxylic acids is 1. The summed E-state index contributed by atoms with van der Waals surface area (Å²) >= 11 is 0. The third-order valence-electron chi connectivity index (χ3n) is 3.69. The van der Waals surface area contributed by atoms with Crippen LogP contribution in [-0.4, -0.2) is 37.7 Å². The number of ether oxygens (including phenoxy) is 1. The van der Waals surface area contributed by atoms with Crippen LogP contribution in [0.15, 0.2) is 30.3 Å². The number of carbonyl (C=O) groups is 1. The van der Waals surface area contributed by atoms with Gasteiger partial charge in [0.1, 0.15) is 0 Å². The second-order valence-corrected chi connectivity index (χ2v) is 5.86. The van der Waals surface area contributed by atoms with Crippen LogP contribution in [-0.2, 0) is 9.53 Å². The molecule has 21 heavy (non-hydrogen) atoms. The third kappa shape index (κ3) is 5.38. The molecule has 1 aliphatic heterocycles. The van der Waals surface area contributed by atoms with E-state index in [9.17, 15) is 4.79 Å². The van der Waals surface area contributed by atoms with Crippen molar-refractivity contribution in [3.05, 3.63) is 30.3 Å². The highest BCUT2D eigenvalue weighted by molar-refractivity contribution is 5.76. The van der Waals surface area contributed by atoms with Crippen molar-refractivity contribution < 1.29 is 9.53 Å². The molecule has 2 rings (SSSR count). The molecule has 0 aliphatic carbocycles. The lowest BCUT2D eigenvalue weighted by Crippen LogP contribution is -2.48. The molecular formula is C17H26N2O2. The summed E-state index contributed by atoms with van der Waals surface area (Å²) in [5, 5.41) is 3.13. The number of hydrogen-bond acceptors (Lipinski definition) is 3. The smallest absolute Gasteiger partial charge is 0.222 e. The molecule has 0 unspecified atom stereocenters. The molecule has 0 saturated carbocycles. The highest BCUT2D eigenvalue weighted by Crippen LogP contribution is 2.19. The number of amides is 1. The van der Waals surface area contributed by atoms with Gasteiger partial charge >= 0.3 is 0 Å². The van der Waals surface area contributed by atoms with Gasteiger partial charge in [0.25, 0.3) is 0 Å². The lowest BCUT2D eigenvalue weighted by Gasteiger charge is -2.34. The largest absolute Gasteiger partial charge is 0.378 e. The van der Waals surface area contributed by atoms with E-state index in [1.807, 2.05) is 19.9 Å². The minimum atomic E-state index is 0.0931. The Kier molecular flexibility index (Phi) is 6.05. The summed E-state index contributed by atoms with van der Waals surface area (Å²) < 4.78 is 5.42. The molecule has 1 atom stereocenters. The Balaban J connectivity index is 1.77. The van der Waals surface area contributed by atoms with E-state index in [1.165, 1.54) is 5.69 Å². The summed E-state index contributed by atoms with van der Waals surface area (Å²) in [6.45, 7) is 6.42. The van der Waals surface area contributed by atoms with Gasteiger partial charge in [-0.1, -0.05) is 18.2 Å². The van der Waals surface area contributed by atoms with Gasteiger partial charge in [0.2, 0.25) is 5.91 Å². The summed E-state index contributed by atoms with van der Waals surface area (Å²) in [4.78, 5) is 14.3. The summed E-state index contributed by atoms with van der Waals surface area (Å²) in [6.07, 6.45) is 2.80. The van der Waals surface area contributed by atoms with Crippen molar-refractivity contribution in [1.29, 1.82) is 0 Å². The normalized spacial score (nSPS) is 18.8. The average Bonchev–Trinajstić information content (AvgIpc) is 2.48. The fourth-order valence-electron chi connectivity index (χ4n) is 2.66. The van der Waals surface area contributed by atoms with Crippen LogP contribution < -0.4 is 10.2 Å². The highest BCUT2D eigenvalue weighted by atomic mass is 16.5. The van der Waals surface area contributed by atoms with Gasteiger partial charge in [-0.25, -0.2) is 0 Å². The van der Waals surface area contributed by atoms with Crippen molar-refractivity contribution in [2.75, 3.05) is 24.6 Å². The molecule has 0 spiro atoms. The molecule has 4 nitrogen and oxygen atoms in total. The van der Waals surface area contributed by atoms with Crippen LogP contribution in [0, 0.1) is 0 Å². The number of piperidine rings is 1. The van der Waals surface area contributed by atoms with Crippen molar-refractivity contribution in [1.82, 2.24) is 5.32 Å². The minimum absolute atomic E-state index is 0.0931. The molecule has 1 fully saturated rings. The first-order chi connectivity index (χ1) is 10.1. The number of hydrogen-bond donors (Lipinski definition) is 1. The van der Waals surface area contributed by atoms with E-state index in [0.29, 0.717) is 13.0 Å². The monoisotopic (exact) mass is 290 g/mol. The molecule has 4 heteroatoms. The van der Waals surface area contributed by atoms with Crippen LogP contribution in [0.2, 0.25) is 0 Å². The van der Waals surface area contributed by atoms with Crippen LogP contribution >= 0.6 is 0 Å². The van der Waals surface area contributed by atoms with Gasteiger partial charge in [-0.3, -0.25) is 4.79 Å². The van der Waals surface area contributed by atoms with Crippen LogP contribution in [0.1, 0.15) is 33.1 Å². The fraction of sp³-hybridized carbons (Fsp3) is 0.588. The summed E-state index contributed by atoms with van der Waals surface area (Å²) in [6, 6.07) is 10.6. The molecule has 0 radical (unpaired) electrons. The first kappa shape index (κ1) is 15.8. The van der Waals surface area contributed by atoms with Crippen LogP contribution in [0.25, 0.3) is 0 Å². The van der Waals surface area contributed by atoms with E-state index in [0.717, 1.165) is 25.9 Å². The number of nitrogens with zero attached hydrogens (tertiary/aromatic N) is 1. The molecule has 1 saturated heterocycles. The predicted molar refractivity (Wildman–Crippen MR) is 85.5 cm³/mol.